The lowest BCUT2D eigenvalue weighted by Crippen LogP contribution is -2.56. The van der Waals surface area contributed by atoms with E-state index in [1.807, 2.05) is 17.0 Å². The van der Waals surface area contributed by atoms with Crippen molar-refractivity contribution in [2.75, 3.05) is 31.1 Å². The number of carbonyl (C=O) groups is 1. The molecule has 8 nitrogen and oxygen atoms in total. The van der Waals surface area contributed by atoms with E-state index in [1.54, 1.807) is 51.2 Å². The molecule has 0 saturated carbocycles. The number of rotatable bonds is 5. The molecule has 1 aromatic carbocycles. The first-order valence-electron chi connectivity index (χ1n) is 10.1. The SMILES string of the molecule is Cc1nc(-c2ccc(N3CCN(C(=O)C(C)(C)Oc4ccc(Cl)cc4)CC3)nc2)no1. The monoisotopic (exact) mass is 441 g/mol. The fourth-order valence-corrected chi connectivity index (χ4v) is 3.61. The van der Waals surface area contributed by atoms with Gasteiger partial charge < -0.3 is 19.1 Å². The quantitative estimate of drug-likeness (QED) is 0.598. The van der Waals surface area contributed by atoms with Crippen LogP contribution in [0.25, 0.3) is 11.4 Å². The molecule has 0 bridgehead atoms. The van der Waals surface area contributed by atoms with Crippen molar-refractivity contribution in [2.45, 2.75) is 26.4 Å². The molecule has 1 saturated heterocycles. The van der Waals surface area contributed by atoms with Gasteiger partial charge >= 0.3 is 0 Å². The van der Waals surface area contributed by atoms with Gasteiger partial charge in [-0.3, -0.25) is 4.79 Å². The van der Waals surface area contributed by atoms with Crippen LogP contribution in [-0.2, 0) is 4.79 Å². The summed E-state index contributed by atoms with van der Waals surface area (Å²) in [4.78, 5) is 25.8. The summed E-state index contributed by atoms with van der Waals surface area (Å²) in [5, 5.41) is 4.54. The molecule has 0 atom stereocenters. The van der Waals surface area contributed by atoms with Gasteiger partial charge in [-0.2, -0.15) is 4.98 Å². The van der Waals surface area contributed by atoms with Crippen LogP contribution in [0.3, 0.4) is 0 Å². The maximum absolute atomic E-state index is 13.1. The van der Waals surface area contributed by atoms with E-state index in [1.165, 1.54) is 0 Å². The van der Waals surface area contributed by atoms with Crippen molar-refractivity contribution in [3.63, 3.8) is 0 Å². The third kappa shape index (κ3) is 4.80. The Morgan fingerprint density at radius 1 is 1.10 bits per heavy atom. The molecular weight excluding hydrogens is 418 g/mol. The normalized spacial score (nSPS) is 14.6. The van der Waals surface area contributed by atoms with E-state index in [4.69, 9.17) is 20.9 Å². The Morgan fingerprint density at radius 2 is 1.81 bits per heavy atom. The van der Waals surface area contributed by atoms with Crippen molar-refractivity contribution >= 4 is 23.3 Å². The number of hydrogen-bond donors (Lipinski definition) is 0. The third-order valence-corrected chi connectivity index (χ3v) is 5.38. The number of carbonyl (C=O) groups excluding carboxylic acids is 1. The van der Waals surface area contributed by atoms with E-state index in [9.17, 15) is 4.79 Å². The van der Waals surface area contributed by atoms with Crippen molar-refractivity contribution in [1.29, 1.82) is 0 Å². The van der Waals surface area contributed by atoms with Gasteiger partial charge in [0.25, 0.3) is 5.91 Å². The van der Waals surface area contributed by atoms with Gasteiger partial charge in [0.2, 0.25) is 11.7 Å². The highest BCUT2D eigenvalue weighted by atomic mass is 35.5. The first-order chi connectivity index (χ1) is 14.8. The minimum absolute atomic E-state index is 0.0436. The van der Waals surface area contributed by atoms with Crippen molar-refractivity contribution in [1.82, 2.24) is 20.0 Å². The third-order valence-electron chi connectivity index (χ3n) is 5.13. The minimum atomic E-state index is -0.974. The molecule has 0 spiro atoms. The lowest BCUT2D eigenvalue weighted by Gasteiger charge is -2.39. The predicted octanol–water partition coefficient (Wildman–Crippen LogP) is 3.60. The molecule has 1 aliphatic heterocycles. The highest BCUT2D eigenvalue weighted by Gasteiger charge is 2.35. The second-order valence-electron chi connectivity index (χ2n) is 7.89. The first-order valence-corrected chi connectivity index (χ1v) is 10.5. The molecule has 2 aromatic heterocycles. The number of anilines is 1. The summed E-state index contributed by atoms with van der Waals surface area (Å²) in [5.41, 5.74) is -0.172. The van der Waals surface area contributed by atoms with Crippen LogP contribution >= 0.6 is 11.6 Å². The lowest BCUT2D eigenvalue weighted by atomic mass is 10.1. The number of halogens is 1. The molecule has 1 amide bonds. The summed E-state index contributed by atoms with van der Waals surface area (Å²) in [6.45, 7) is 7.90. The number of ether oxygens (including phenoxy) is 1. The van der Waals surface area contributed by atoms with Gasteiger partial charge in [-0.05, 0) is 50.2 Å². The van der Waals surface area contributed by atoms with E-state index in [-0.39, 0.29) is 5.91 Å². The number of amides is 1. The summed E-state index contributed by atoms with van der Waals surface area (Å²) >= 11 is 5.92. The molecule has 0 aliphatic carbocycles. The molecule has 3 aromatic rings. The van der Waals surface area contributed by atoms with Gasteiger partial charge in [0.1, 0.15) is 11.6 Å². The Kier molecular flexibility index (Phi) is 5.82. The Hall–Kier alpha value is -3.13. The summed E-state index contributed by atoms with van der Waals surface area (Å²) in [6, 6.07) is 10.9. The second kappa shape index (κ2) is 8.55. The topological polar surface area (TPSA) is 84.6 Å². The van der Waals surface area contributed by atoms with Crippen LogP contribution in [0.5, 0.6) is 5.75 Å². The molecule has 1 fully saturated rings. The van der Waals surface area contributed by atoms with Crippen LogP contribution < -0.4 is 9.64 Å². The fraction of sp³-hybridized carbons (Fsp3) is 0.364. The fourth-order valence-electron chi connectivity index (χ4n) is 3.48. The second-order valence-corrected chi connectivity index (χ2v) is 8.32. The Balaban J connectivity index is 1.35. The summed E-state index contributed by atoms with van der Waals surface area (Å²) in [6.07, 6.45) is 1.74. The van der Waals surface area contributed by atoms with Gasteiger partial charge in [-0.15, -0.1) is 0 Å². The van der Waals surface area contributed by atoms with Crippen molar-refractivity contribution in [2.24, 2.45) is 0 Å². The number of aromatic nitrogens is 3. The Labute approximate surface area is 185 Å². The van der Waals surface area contributed by atoms with Crippen molar-refractivity contribution < 1.29 is 14.1 Å². The summed E-state index contributed by atoms with van der Waals surface area (Å²) < 4.78 is 11.0. The first kappa shape index (κ1) is 21.1. The maximum atomic E-state index is 13.1. The van der Waals surface area contributed by atoms with Gasteiger partial charge in [0.05, 0.1) is 0 Å². The maximum Gasteiger partial charge on any atom is 0.266 e. The number of aryl methyl sites for hydroxylation is 1. The lowest BCUT2D eigenvalue weighted by molar-refractivity contribution is -0.145. The van der Waals surface area contributed by atoms with E-state index < -0.39 is 5.60 Å². The van der Waals surface area contributed by atoms with Crippen LogP contribution in [0.4, 0.5) is 5.82 Å². The average molecular weight is 442 g/mol. The molecule has 0 N–H and O–H groups in total. The van der Waals surface area contributed by atoms with Crippen LogP contribution in [-0.4, -0.2) is 57.7 Å². The van der Waals surface area contributed by atoms with E-state index in [2.05, 4.69) is 20.0 Å². The average Bonchev–Trinajstić information content (AvgIpc) is 3.21. The molecule has 3 heterocycles. The largest absolute Gasteiger partial charge is 0.478 e. The van der Waals surface area contributed by atoms with Crippen LogP contribution in [0, 0.1) is 6.92 Å². The standard InChI is InChI=1S/C22H24ClN5O3/c1-15-25-20(26-31-15)16-4-9-19(24-14-16)27-10-12-28(13-11-27)21(29)22(2,3)30-18-7-5-17(23)6-8-18/h4-9,14H,10-13H2,1-3H3. The number of pyridine rings is 1. The molecule has 162 valence electrons. The van der Waals surface area contributed by atoms with Crippen LogP contribution in [0.2, 0.25) is 5.02 Å². The number of benzene rings is 1. The van der Waals surface area contributed by atoms with Crippen LogP contribution in [0.1, 0.15) is 19.7 Å². The predicted molar refractivity (Wildman–Crippen MR) is 117 cm³/mol. The highest BCUT2D eigenvalue weighted by Crippen LogP contribution is 2.24. The summed E-state index contributed by atoms with van der Waals surface area (Å²) in [5.74, 6) is 2.46. The molecule has 0 radical (unpaired) electrons. The highest BCUT2D eigenvalue weighted by molar-refractivity contribution is 6.30. The van der Waals surface area contributed by atoms with Gasteiger partial charge in [0, 0.05) is 49.9 Å². The van der Waals surface area contributed by atoms with Gasteiger partial charge in [-0.1, -0.05) is 16.8 Å². The number of hydrogen-bond acceptors (Lipinski definition) is 7. The Morgan fingerprint density at radius 3 is 2.39 bits per heavy atom. The number of nitrogens with zero attached hydrogens (tertiary/aromatic N) is 5. The van der Waals surface area contributed by atoms with E-state index in [0.717, 1.165) is 11.4 Å². The van der Waals surface area contributed by atoms with Crippen molar-refractivity contribution in [3.05, 3.63) is 53.5 Å². The molecule has 31 heavy (non-hydrogen) atoms. The smallest absolute Gasteiger partial charge is 0.266 e. The number of piperazine rings is 1. The Bertz CT molecular complexity index is 1040. The molecule has 9 heteroatoms. The zero-order valence-electron chi connectivity index (χ0n) is 17.7. The summed E-state index contributed by atoms with van der Waals surface area (Å²) in [7, 11) is 0. The van der Waals surface area contributed by atoms with Gasteiger partial charge in [-0.25, -0.2) is 4.98 Å². The zero-order valence-corrected chi connectivity index (χ0v) is 18.5. The van der Waals surface area contributed by atoms with Crippen molar-refractivity contribution in [3.8, 4) is 17.1 Å². The van der Waals surface area contributed by atoms with E-state index >= 15 is 0 Å². The van der Waals surface area contributed by atoms with E-state index in [0.29, 0.717) is 48.7 Å². The van der Waals surface area contributed by atoms with Gasteiger partial charge in [0.15, 0.2) is 5.60 Å². The molecular formula is C22H24ClN5O3. The minimum Gasteiger partial charge on any atom is -0.478 e. The molecule has 4 rings (SSSR count). The van der Waals surface area contributed by atoms with Crippen LogP contribution in [0.15, 0.2) is 47.1 Å². The molecule has 0 unspecified atom stereocenters. The molecule has 1 aliphatic rings. The zero-order chi connectivity index (χ0) is 22.0.